The molecular weight excluding hydrogens is 276 g/mol. The number of amides is 1. The van der Waals surface area contributed by atoms with Crippen LogP contribution in [-0.2, 0) is 6.54 Å². The summed E-state index contributed by atoms with van der Waals surface area (Å²) in [5.41, 5.74) is 1.19. The second-order valence-electron chi connectivity index (χ2n) is 4.71. The van der Waals surface area contributed by atoms with Crippen molar-refractivity contribution >= 4 is 17.5 Å². The zero-order chi connectivity index (χ0) is 13.9. The van der Waals surface area contributed by atoms with Gasteiger partial charge in [-0.2, -0.15) is 0 Å². The molecule has 0 aliphatic heterocycles. The number of pyridine rings is 1. The van der Waals surface area contributed by atoms with Gasteiger partial charge in [0, 0.05) is 12.2 Å². The zero-order valence-electron chi connectivity index (χ0n) is 10.7. The van der Waals surface area contributed by atoms with Crippen molar-refractivity contribution in [2.45, 2.75) is 25.4 Å². The van der Waals surface area contributed by atoms with E-state index in [-0.39, 0.29) is 17.1 Å². The van der Waals surface area contributed by atoms with Crippen LogP contribution in [0, 0.1) is 0 Å². The molecule has 5 nitrogen and oxygen atoms in total. The number of carbonyl (C=O) groups excluding carboxylic acids is 1. The number of hydrogen-bond donors (Lipinski definition) is 0. The topological polar surface area (TPSA) is 59.0 Å². The van der Waals surface area contributed by atoms with Gasteiger partial charge in [0.2, 0.25) is 0 Å². The van der Waals surface area contributed by atoms with Gasteiger partial charge >= 0.3 is 0 Å². The third-order valence-electron chi connectivity index (χ3n) is 3.15. The molecule has 2 aromatic heterocycles. The average molecular weight is 289 g/mol. The fourth-order valence-electron chi connectivity index (χ4n) is 1.99. The van der Waals surface area contributed by atoms with E-state index in [1.165, 1.54) is 12.4 Å². The predicted molar refractivity (Wildman–Crippen MR) is 74.2 cm³/mol. The van der Waals surface area contributed by atoms with Crippen molar-refractivity contribution in [1.29, 1.82) is 0 Å². The van der Waals surface area contributed by atoms with E-state index in [4.69, 9.17) is 11.6 Å². The third-order valence-corrected chi connectivity index (χ3v) is 3.34. The Kier molecular flexibility index (Phi) is 3.60. The maximum Gasteiger partial charge on any atom is 0.274 e. The zero-order valence-corrected chi connectivity index (χ0v) is 11.5. The van der Waals surface area contributed by atoms with Gasteiger partial charge in [0.15, 0.2) is 0 Å². The van der Waals surface area contributed by atoms with Gasteiger partial charge in [-0.05, 0) is 25.0 Å². The van der Waals surface area contributed by atoms with E-state index in [1.807, 2.05) is 18.2 Å². The molecule has 1 saturated carbocycles. The summed E-state index contributed by atoms with van der Waals surface area (Å²) in [4.78, 5) is 26.5. The highest BCUT2D eigenvalue weighted by Crippen LogP contribution is 2.29. The van der Waals surface area contributed by atoms with E-state index in [9.17, 15) is 4.79 Å². The predicted octanol–water partition coefficient (Wildman–Crippen LogP) is 2.33. The average Bonchev–Trinajstić information content (AvgIpc) is 3.30. The van der Waals surface area contributed by atoms with Crippen LogP contribution in [0.2, 0.25) is 5.15 Å². The lowest BCUT2D eigenvalue weighted by molar-refractivity contribution is 0.0721. The van der Waals surface area contributed by atoms with Crippen molar-refractivity contribution in [3.8, 4) is 0 Å². The molecule has 0 N–H and O–H groups in total. The Bertz CT molecular complexity index is 598. The fraction of sp³-hybridized carbons (Fsp3) is 0.286. The Morgan fingerprint density at radius 1 is 1.25 bits per heavy atom. The van der Waals surface area contributed by atoms with E-state index in [0.717, 1.165) is 18.5 Å². The molecule has 1 aliphatic carbocycles. The first-order chi connectivity index (χ1) is 9.74. The molecule has 0 aromatic carbocycles. The Balaban J connectivity index is 1.80. The Hall–Kier alpha value is -2.01. The third kappa shape index (κ3) is 2.93. The van der Waals surface area contributed by atoms with Gasteiger partial charge < -0.3 is 4.90 Å². The van der Waals surface area contributed by atoms with Gasteiger partial charge in [0.05, 0.1) is 24.6 Å². The van der Waals surface area contributed by atoms with Crippen LogP contribution in [0.15, 0.2) is 36.8 Å². The molecule has 2 heterocycles. The molecule has 1 fully saturated rings. The van der Waals surface area contributed by atoms with E-state index in [0.29, 0.717) is 12.2 Å². The molecule has 0 radical (unpaired) electrons. The van der Waals surface area contributed by atoms with E-state index in [2.05, 4.69) is 15.0 Å². The van der Waals surface area contributed by atoms with Crippen LogP contribution in [0.25, 0.3) is 0 Å². The van der Waals surface area contributed by atoms with Crippen molar-refractivity contribution in [3.63, 3.8) is 0 Å². The fourth-order valence-corrected chi connectivity index (χ4v) is 2.09. The highest BCUT2D eigenvalue weighted by atomic mass is 35.5. The molecule has 0 bridgehead atoms. The molecule has 3 rings (SSSR count). The minimum absolute atomic E-state index is 0.123. The van der Waals surface area contributed by atoms with Crippen molar-refractivity contribution in [1.82, 2.24) is 19.9 Å². The lowest BCUT2D eigenvalue weighted by Gasteiger charge is -2.21. The minimum atomic E-state index is -0.123. The first-order valence-electron chi connectivity index (χ1n) is 6.42. The minimum Gasteiger partial charge on any atom is -0.328 e. The first kappa shape index (κ1) is 13.0. The number of rotatable bonds is 4. The quantitative estimate of drug-likeness (QED) is 0.866. The van der Waals surface area contributed by atoms with E-state index < -0.39 is 0 Å². The summed E-state index contributed by atoms with van der Waals surface area (Å²) in [6.07, 6.45) is 6.59. The highest BCUT2D eigenvalue weighted by molar-refractivity contribution is 6.29. The molecule has 0 atom stereocenters. The summed E-state index contributed by atoms with van der Waals surface area (Å²) < 4.78 is 0. The number of nitrogens with zero attached hydrogens (tertiary/aromatic N) is 4. The van der Waals surface area contributed by atoms with Gasteiger partial charge in [0.25, 0.3) is 5.91 Å². The molecule has 2 aromatic rings. The van der Waals surface area contributed by atoms with Crippen LogP contribution >= 0.6 is 11.6 Å². The molecule has 102 valence electrons. The maximum atomic E-state index is 12.5. The molecular formula is C14H13ClN4O. The van der Waals surface area contributed by atoms with E-state index in [1.54, 1.807) is 11.1 Å². The van der Waals surface area contributed by atoms with Gasteiger partial charge in [0.1, 0.15) is 10.8 Å². The summed E-state index contributed by atoms with van der Waals surface area (Å²) in [7, 11) is 0. The van der Waals surface area contributed by atoms with Crippen LogP contribution < -0.4 is 0 Å². The van der Waals surface area contributed by atoms with E-state index >= 15 is 0 Å². The normalized spacial score (nSPS) is 14.1. The van der Waals surface area contributed by atoms with Crippen LogP contribution in [0.4, 0.5) is 0 Å². The Labute approximate surface area is 121 Å². The standard InChI is InChI=1S/C14H13ClN4O/c15-13-8-17-12(7-18-13)14(20)19(11-4-5-11)9-10-3-1-2-6-16-10/h1-3,6-8,11H,4-5,9H2. The summed E-state index contributed by atoms with van der Waals surface area (Å²) in [5.74, 6) is -0.123. The van der Waals surface area contributed by atoms with Crippen molar-refractivity contribution in [3.05, 3.63) is 53.3 Å². The van der Waals surface area contributed by atoms with Crippen molar-refractivity contribution in [2.24, 2.45) is 0 Å². The summed E-state index contributed by atoms with van der Waals surface area (Å²) in [6, 6.07) is 5.97. The Morgan fingerprint density at radius 2 is 2.10 bits per heavy atom. The highest BCUT2D eigenvalue weighted by Gasteiger charge is 2.33. The SMILES string of the molecule is O=C(c1cnc(Cl)cn1)N(Cc1ccccn1)C1CC1. The lowest BCUT2D eigenvalue weighted by atomic mass is 10.3. The monoisotopic (exact) mass is 288 g/mol. The van der Waals surface area contributed by atoms with Crippen LogP contribution in [0.5, 0.6) is 0 Å². The van der Waals surface area contributed by atoms with Gasteiger partial charge in [-0.3, -0.25) is 9.78 Å². The summed E-state index contributed by atoms with van der Waals surface area (Å²) >= 11 is 5.69. The molecule has 1 amide bonds. The summed E-state index contributed by atoms with van der Waals surface area (Å²) in [6.45, 7) is 0.495. The van der Waals surface area contributed by atoms with Gasteiger partial charge in [-0.15, -0.1) is 0 Å². The number of halogens is 1. The number of aromatic nitrogens is 3. The van der Waals surface area contributed by atoms with Crippen LogP contribution in [-0.4, -0.2) is 31.8 Å². The maximum absolute atomic E-state index is 12.5. The van der Waals surface area contributed by atoms with Gasteiger partial charge in [-0.1, -0.05) is 17.7 Å². The van der Waals surface area contributed by atoms with Crippen molar-refractivity contribution in [2.75, 3.05) is 0 Å². The number of carbonyl (C=O) groups is 1. The molecule has 0 unspecified atom stereocenters. The van der Waals surface area contributed by atoms with Crippen molar-refractivity contribution < 1.29 is 4.79 Å². The number of hydrogen-bond acceptors (Lipinski definition) is 4. The second-order valence-corrected chi connectivity index (χ2v) is 5.10. The molecule has 0 saturated heterocycles. The smallest absolute Gasteiger partial charge is 0.274 e. The first-order valence-corrected chi connectivity index (χ1v) is 6.80. The Morgan fingerprint density at radius 3 is 2.70 bits per heavy atom. The van der Waals surface area contributed by atoms with Crippen LogP contribution in [0.1, 0.15) is 29.0 Å². The second kappa shape index (κ2) is 5.54. The van der Waals surface area contributed by atoms with Gasteiger partial charge in [-0.25, -0.2) is 9.97 Å². The molecule has 0 spiro atoms. The largest absolute Gasteiger partial charge is 0.328 e. The lowest BCUT2D eigenvalue weighted by Crippen LogP contribution is -2.33. The van der Waals surface area contributed by atoms with Crippen LogP contribution in [0.3, 0.4) is 0 Å². The molecule has 6 heteroatoms. The molecule has 20 heavy (non-hydrogen) atoms. The molecule has 1 aliphatic rings. The summed E-state index contributed by atoms with van der Waals surface area (Å²) in [5, 5.41) is 0.282.